The van der Waals surface area contributed by atoms with Crippen molar-refractivity contribution in [3.8, 4) is 5.75 Å². The van der Waals surface area contributed by atoms with E-state index in [1.54, 1.807) is 0 Å². The van der Waals surface area contributed by atoms with Gasteiger partial charge in [-0.15, -0.1) is 0 Å². The summed E-state index contributed by atoms with van der Waals surface area (Å²) >= 11 is 0. The number of anilines is 2. The molecular formula is C16H29N3O. The predicted octanol–water partition coefficient (Wildman–Crippen LogP) is 2.83. The van der Waals surface area contributed by atoms with Crippen molar-refractivity contribution in [2.45, 2.75) is 33.3 Å². The molecule has 1 aromatic carbocycles. The summed E-state index contributed by atoms with van der Waals surface area (Å²) in [5.74, 6) is 0.781. The number of ether oxygens (including phenoxy) is 1. The first kappa shape index (κ1) is 16.6. The zero-order valence-electron chi connectivity index (χ0n) is 13.5. The molecule has 0 amide bonds. The van der Waals surface area contributed by atoms with Crippen molar-refractivity contribution in [2.24, 2.45) is 0 Å². The number of nitrogen functional groups attached to an aromatic ring is 1. The van der Waals surface area contributed by atoms with Crippen LogP contribution in [0.3, 0.4) is 0 Å². The second-order valence-corrected chi connectivity index (χ2v) is 5.65. The van der Waals surface area contributed by atoms with Crippen molar-refractivity contribution in [2.75, 3.05) is 44.4 Å². The van der Waals surface area contributed by atoms with Crippen LogP contribution in [0.4, 0.5) is 11.4 Å². The molecule has 0 aliphatic rings. The number of likely N-dealkylation sites (N-methyl/N-ethyl adjacent to an activating group) is 1. The molecule has 0 aromatic heterocycles. The van der Waals surface area contributed by atoms with Crippen molar-refractivity contribution in [1.82, 2.24) is 4.90 Å². The third kappa shape index (κ3) is 4.93. The van der Waals surface area contributed by atoms with Gasteiger partial charge in [-0.3, -0.25) is 0 Å². The number of rotatable bonds is 8. The molecule has 4 nitrogen and oxygen atoms in total. The van der Waals surface area contributed by atoms with Crippen molar-refractivity contribution >= 4 is 11.4 Å². The van der Waals surface area contributed by atoms with Gasteiger partial charge in [-0.05, 0) is 46.5 Å². The molecule has 0 spiro atoms. The molecule has 0 saturated heterocycles. The van der Waals surface area contributed by atoms with Crippen molar-refractivity contribution in [3.63, 3.8) is 0 Å². The van der Waals surface area contributed by atoms with Crippen LogP contribution in [0.5, 0.6) is 5.75 Å². The molecule has 0 atom stereocenters. The molecular weight excluding hydrogens is 250 g/mol. The van der Waals surface area contributed by atoms with E-state index < -0.39 is 0 Å². The van der Waals surface area contributed by atoms with Gasteiger partial charge < -0.3 is 20.3 Å². The Hall–Kier alpha value is -1.42. The Balaban J connectivity index is 2.94. The quantitative estimate of drug-likeness (QED) is 0.743. The molecule has 1 aromatic rings. The lowest BCUT2D eigenvalue weighted by Gasteiger charge is -2.28. The van der Waals surface area contributed by atoms with E-state index in [1.807, 2.05) is 26.0 Å². The molecule has 0 heterocycles. The lowest BCUT2D eigenvalue weighted by molar-refractivity contribution is 0.244. The van der Waals surface area contributed by atoms with Gasteiger partial charge in [0.05, 0.1) is 17.5 Å². The minimum atomic E-state index is 0.133. The van der Waals surface area contributed by atoms with Crippen LogP contribution >= 0.6 is 0 Å². The first-order chi connectivity index (χ1) is 9.45. The summed E-state index contributed by atoms with van der Waals surface area (Å²) in [5.41, 5.74) is 8.11. The Labute approximate surface area is 123 Å². The van der Waals surface area contributed by atoms with Gasteiger partial charge in [0.1, 0.15) is 5.75 Å². The number of hydrogen-bond donors (Lipinski definition) is 1. The average Bonchev–Trinajstić information content (AvgIpc) is 2.36. The second-order valence-electron chi connectivity index (χ2n) is 5.65. The van der Waals surface area contributed by atoms with Crippen LogP contribution in [-0.2, 0) is 0 Å². The monoisotopic (exact) mass is 279 g/mol. The maximum Gasteiger partial charge on any atom is 0.144 e. The molecule has 0 radical (unpaired) electrons. The first-order valence-corrected chi connectivity index (χ1v) is 7.40. The molecule has 4 heteroatoms. The number of hydrogen-bond acceptors (Lipinski definition) is 4. The number of nitrogens with zero attached hydrogens (tertiary/aromatic N) is 2. The summed E-state index contributed by atoms with van der Waals surface area (Å²) in [5, 5.41) is 0. The van der Waals surface area contributed by atoms with Crippen LogP contribution in [0.25, 0.3) is 0 Å². The van der Waals surface area contributed by atoms with Crippen molar-refractivity contribution in [3.05, 3.63) is 18.2 Å². The Kier molecular flexibility index (Phi) is 6.65. The van der Waals surface area contributed by atoms with Gasteiger partial charge in [0.15, 0.2) is 0 Å². The highest BCUT2D eigenvalue weighted by molar-refractivity contribution is 5.74. The van der Waals surface area contributed by atoms with Gasteiger partial charge in [0.2, 0.25) is 0 Å². The third-order valence-corrected chi connectivity index (χ3v) is 3.06. The summed E-state index contributed by atoms with van der Waals surface area (Å²) in [6.45, 7) is 9.20. The lowest BCUT2D eigenvalue weighted by Crippen LogP contribution is -2.32. The Morgan fingerprint density at radius 2 is 1.85 bits per heavy atom. The summed E-state index contributed by atoms with van der Waals surface area (Å²) < 4.78 is 5.78. The maximum absolute atomic E-state index is 6.29. The van der Waals surface area contributed by atoms with Gasteiger partial charge >= 0.3 is 0 Å². The van der Waals surface area contributed by atoms with Crippen LogP contribution in [0.15, 0.2) is 18.2 Å². The van der Waals surface area contributed by atoms with E-state index in [2.05, 4.69) is 36.9 Å². The fourth-order valence-corrected chi connectivity index (χ4v) is 2.11. The van der Waals surface area contributed by atoms with Crippen LogP contribution in [0.2, 0.25) is 0 Å². The van der Waals surface area contributed by atoms with Gasteiger partial charge in [-0.25, -0.2) is 0 Å². The van der Waals surface area contributed by atoms with Crippen LogP contribution < -0.4 is 15.4 Å². The highest BCUT2D eigenvalue weighted by Gasteiger charge is 2.13. The zero-order chi connectivity index (χ0) is 15.1. The average molecular weight is 279 g/mol. The standard InChI is InChI=1S/C16H29N3O/c1-6-10-19(12-11-18(4)5)14-8-7-9-15(16(14)17)20-13(2)3/h7-9,13H,6,10-12,17H2,1-5H3. The molecule has 0 saturated carbocycles. The summed E-state index contributed by atoms with van der Waals surface area (Å²) in [7, 11) is 4.18. The largest absolute Gasteiger partial charge is 0.489 e. The maximum atomic E-state index is 6.29. The number of benzene rings is 1. The fraction of sp³-hybridized carbons (Fsp3) is 0.625. The van der Waals surface area contributed by atoms with E-state index in [4.69, 9.17) is 10.5 Å². The summed E-state index contributed by atoms with van der Waals surface area (Å²) in [6.07, 6.45) is 1.23. The van der Waals surface area contributed by atoms with Crippen LogP contribution in [0, 0.1) is 0 Å². The van der Waals surface area contributed by atoms with Crippen LogP contribution in [-0.4, -0.2) is 44.7 Å². The van der Waals surface area contributed by atoms with E-state index in [0.29, 0.717) is 0 Å². The zero-order valence-corrected chi connectivity index (χ0v) is 13.5. The molecule has 0 unspecified atom stereocenters. The van der Waals surface area contributed by atoms with E-state index in [9.17, 15) is 0 Å². The van der Waals surface area contributed by atoms with E-state index >= 15 is 0 Å². The molecule has 0 fully saturated rings. The second kappa shape index (κ2) is 8.00. The normalized spacial score (nSPS) is 11.2. The van der Waals surface area contributed by atoms with E-state index in [0.717, 1.165) is 43.2 Å². The highest BCUT2D eigenvalue weighted by Crippen LogP contribution is 2.32. The van der Waals surface area contributed by atoms with Crippen LogP contribution in [0.1, 0.15) is 27.2 Å². The smallest absolute Gasteiger partial charge is 0.144 e. The molecule has 2 N–H and O–H groups in total. The SMILES string of the molecule is CCCN(CCN(C)C)c1cccc(OC(C)C)c1N. The summed E-state index contributed by atoms with van der Waals surface area (Å²) in [6, 6.07) is 6.03. The van der Waals surface area contributed by atoms with E-state index in [-0.39, 0.29) is 6.10 Å². The summed E-state index contributed by atoms with van der Waals surface area (Å²) in [4.78, 5) is 4.52. The Morgan fingerprint density at radius 3 is 2.40 bits per heavy atom. The number of nitrogens with two attached hydrogens (primary N) is 1. The van der Waals surface area contributed by atoms with Gasteiger partial charge in [0, 0.05) is 19.6 Å². The third-order valence-electron chi connectivity index (χ3n) is 3.06. The molecule has 1 rings (SSSR count). The highest BCUT2D eigenvalue weighted by atomic mass is 16.5. The lowest BCUT2D eigenvalue weighted by atomic mass is 10.2. The molecule has 0 bridgehead atoms. The molecule has 114 valence electrons. The minimum Gasteiger partial charge on any atom is -0.489 e. The van der Waals surface area contributed by atoms with E-state index in [1.165, 1.54) is 0 Å². The van der Waals surface area contributed by atoms with Crippen molar-refractivity contribution < 1.29 is 4.74 Å². The predicted molar refractivity (Wildman–Crippen MR) is 87.7 cm³/mol. The Morgan fingerprint density at radius 1 is 1.15 bits per heavy atom. The Bertz CT molecular complexity index is 405. The topological polar surface area (TPSA) is 41.7 Å². The molecule has 20 heavy (non-hydrogen) atoms. The first-order valence-electron chi connectivity index (χ1n) is 7.40. The van der Waals surface area contributed by atoms with Crippen molar-refractivity contribution in [1.29, 1.82) is 0 Å². The van der Waals surface area contributed by atoms with Gasteiger partial charge in [-0.1, -0.05) is 13.0 Å². The van der Waals surface area contributed by atoms with Gasteiger partial charge in [-0.2, -0.15) is 0 Å². The fourth-order valence-electron chi connectivity index (χ4n) is 2.11. The molecule has 0 aliphatic heterocycles. The number of para-hydroxylation sites is 1. The molecule has 0 aliphatic carbocycles. The van der Waals surface area contributed by atoms with Gasteiger partial charge in [0.25, 0.3) is 0 Å². The minimum absolute atomic E-state index is 0.133.